The summed E-state index contributed by atoms with van der Waals surface area (Å²) in [7, 11) is 1.79. The van der Waals surface area contributed by atoms with Crippen LogP contribution in [0.3, 0.4) is 0 Å². The van der Waals surface area contributed by atoms with Crippen molar-refractivity contribution in [1.29, 1.82) is 0 Å². The monoisotopic (exact) mass is 354 g/mol. The van der Waals surface area contributed by atoms with Crippen LogP contribution in [0.5, 0.6) is 0 Å². The Kier molecular flexibility index (Phi) is 5.78. The minimum absolute atomic E-state index is 0.0386. The molecular weight excluding hydrogens is 332 g/mol. The quantitative estimate of drug-likeness (QED) is 0.387. The topological polar surface area (TPSA) is 69.2 Å². The highest BCUT2D eigenvalue weighted by Gasteiger charge is 2.11. The minimum Gasteiger partial charge on any atom is -0.385 e. The number of likely N-dealkylation sites (N-methyl/N-ethyl adjacent to an activating group) is 1. The van der Waals surface area contributed by atoms with Gasteiger partial charge in [-0.1, -0.05) is 30.3 Å². The highest BCUT2D eigenvalue weighted by molar-refractivity contribution is 7.16. The lowest BCUT2D eigenvalue weighted by Crippen LogP contribution is -2.51. The number of hydroxylamine groups is 1. The van der Waals surface area contributed by atoms with E-state index in [1.54, 1.807) is 18.4 Å². The number of fused-ring (bicyclic) bond motifs is 1. The van der Waals surface area contributed by atoms with Gasteiger partial charge in [0.1, 0.15) is 6.17 Å². The molecule has 25 heavy (non-hydrogen) atoms. The summed E-state index contributed by atoms with van der Waals surface area (Å²) in [6, 6.07) is 14.8. The van der Waals surface area contributed by atoms with Gasteiger partial charge in [0.05, 0.1) is 21.8 Å². The zero-order valence-corrected chi connectivity index (χ0v) is 15.0. The largest absolute Gasteiger partial charge is 0.385 e. The molecule has 0 aliphatic carbocycles. The van der Waals surface area contributed by atoms with E-state index in [1.807, 2.05) is 24.7 Å². The van der Waals surface area contributed by atoms with Gasteiger partial charge in [0.25, 0.3) is 0 Å². The SMILES string of the molecule is CNC(NO)C(C)NC=Cc1ccc(-c2ccc3ncsc3c2)cc1. The normalized spacial score (nSPS) is 14.0. The van der Waals surface area contributed by atoms with Gasteiger partial charge in [-0.15, -0.1) is 11.3 Å². The number of nitrogens with one attached hydrogen (secondary N) is 3. The maximum absolute atomic E-state index is 9.02. The lowest BCUT2D eigenvalue weighted by Gasteiger charge is -2.21. The molecule has 130 valence electrons. The second-order valence-corrected chi connectivity index (χ2v) is 6.73. The van der Waals surface area contributed by atoms with E-state index in [1.165, 1.54) is 15.8 Å². The van der Waals surface area contributed by atoms with Crippen LogP contribution in [0.15, 0.2) is 54.2 Å². The van der Waals surface area contributed by atoms with Gasteiger partial charge in [-0.2, -0.15) is 5.48 Å². The average molecular weight is 354 g/mol. The second-order valence-electron chi connectivity index (χ2n) is 5.84. The molecule has 2 aromatic carbocycles. The van der Waals surface area contributed by atoms with Crippen molar-refractivity contribution in [1.82, 2.24) is 21.1 Å². The molecule has 0 aliphatic heterocycles. The lowest BCUT2D eigenvalue weighted by atomic mass is 10.0. The van der Waals surface area contributed by atoms with Crippen molar-refractivity contribution in [3.8, 4) is 11.1 Å². The maximum atomic E-state index is 9.02. The van der Waals surface area contributed by atoms with Crippen molar-refractivity contribution in [2.24, 2.45) is 0 Å². The standard InChI is InChI=1S/C19H22N4OS/c1-13(19(20-2)23-24)21-10-9-14-3-5-15(6-4-14)16-7-8-17-18(11-16)25-12-22-17/h3-13,19-21,23-24H,1-2H3. The molecule has 1 heterocycles. The molecule has 0 saturated carbocycles. The molecule has 2 unspecified atom stereocenters. The molecule has 0 fully saturated rings. The molecule has 6 heteroatoms. The van der Waals surface area contributed by atoms with Gasteiger partial charge in [0.2, 0.25) is 0 Å². The molecule has 2 atom stereocenters. The summed E-state index contributed by atoms with van der Waals surface area (Å²) in [4.78, 5) is 4.32. The van der Waals surface area contributed by atoms with Crippen LogP contribution in [0.4, 0.5) is 0 Å². The van der Waals surface area contributed by atoms with Crippen LogP contribution in [0.2, 0.25) is 0 Å². The number of hydrogen-bond donors (Lipinski definition) is 4. The zero-order valence-electron chi connectivity index (χ0n) is 14.2. The van der Waals surface area contributed by atoms with Crippen molar-refractivity contribution in [2.75, 3.05) is 7.05 Å². The van der Waals surface area contributed by atoms with Crippen LogP contribution < -0.4 is 16.1 Å². The highest BCUT2D eigenvalue weighted by Crippen LogP contribution is 2.26. The van der Waals surface area contributed by atoms with Crippen LogP contribution in [0.25, 0.3) is 27.4 Å². The fourth-order valence-electron chi connectivity index (χ4n) is 2.64. The molecule has 3 rings (SSSR count). The van der Waals surface area contributed by atoms with Crippen molar-refractivity contribution >= 4 is 27.6 Å². The Bertz CT molecular complexity index is 840. The van der Waals surface area contributed by atoms with Crippen molar-refractivity contribution < 1.29 is 5.21 Å². The second kappa shape index (κ2) is 8.22. The Morgan fingerprint density at radius 1 is 1.12 bits per heavy atom. The Hall–Kier alpha value is -2.25. The predicted octanol–water partition coefficient (Wildman–Crippen LogP) is 3.44. The van der Waals surface area contributed by atoms with Gasteiger partial charge in [-0.3, -0.25) is 0 Å². The van der Waals surface area contributed by atoms with Crippen LogP contribution in [-0.4, -0.2) is 29.4 Å². The van der Waals surface area contributed by atoms with E-state index >= 15 is 0 Å². The molecule has 1 aromatic heterocycles. The van der Waals surface area contributed by atoms with E-state index in [9.17, 15) is 0 Å². The summed E-state index contributed by atoms with van der Waals surface area (Å²) < 4.78 is 1.20. The van der Waals surface area contributed by atoms with Crippen molar-refractivity contribution in [3.05, 3.63) is 59.7 Å². The Morgan fingerprint density at radius 2 is 1.88 bits per heavy atom. The summed E-state index contributed by atoms with van der Waals surface area (Å²) in [6.07, 6.45) is 3.69. The van der Waals surface area contributed by atoms with E-state index < -0.39 is 0 Å². The Labute approximate surface area is 151 Å². The number of nitrogens with zero attached hydrogens (tertiary/aromatic N) is 1. The highest BCUT2D eigenvalue weighted by atomic mass is 32.1. The van der Waals surface area contributed by atoms with Crippen LogP contribution >= 0.6 is 11.3 Å². The van der Waals surface area contributed by atoms with Crippen molar-refractivity contribution in [3.63, 3.8) is 0 Å². The van der Waals surface area contributed by atoms with Gasteiger partial charge in [0, 0.05) is 0 Å². The molecule has 0 radical (unpaired) electrons. The van der Waals surface area contributed by atoms with E-state index in [0.717, 1.165) is 11.1 Å². The zero-order chi connectivity index (χ0) is 17.6. The fraction of sp³-hybridized carbons (Fsp3) is 0.211. The van der Waals surface area contributed by atoms with E-state index in [4.69, 9.17) is 5.21 Å². The molecule has 0 saturated heterocycles. The van der Waals surface area contributed by atoms with Gasteiger partial charge in [-0.05, 0) is 55.1 Å². The number of benzene rings is 2. The summed E-state index contributed by atoms with van der Waals surface area (Å²) in [5, 5.41) is 15.2. The Balaban J connectivity index is 1.66. The van der Waals surface area contributed by atoms with Gasteiger partial charge in [-0.25, -0.2) is 4.98 Å². The summed E-state index contributed by atoms with van der Waals surface area (Å²) in [5.41, 5.74) is 8.65. The molecule has 0 spiro atoms. The Morgan fingerprint density at radius 3 is 2.60 bits per heavy atom. The van der Waals surface area contributed by atoms with Gasteiger partial charge >= 0.3 is 0 Å². The minimum atomic E-state index is -0.214. The summed E-state index contributed by atoms with van der Waals surface area (Å²) in [6.45, 7) is 1.98. The molecule has 4 N–H and O–H groups in total. The molecule has 5 nitrogen and oxygen atoms in total. The number of hydrogen-bond acceptors (Lipinski definition) is 6. The molecule has 0 aliphatic rings. The molecule has 0 amide bonds. The first kappa shape index (κ1) is 17.6. The molecule has 3 aromatic rings. The summed E-state index contributed by atoms with van der Waals surface area (Å²) >= 11 is 1.66. The van der Waals surface area contributed by atoms with Crippen LogP contribution in [-0.2, 0) is 0 Å². The first-order valence-electron chi connectivity index (χ1n) is 8.14. The van der Waals surface area contributed by atoms with E-state index in [0.29, 0.717) is 0 Å². The van der Waals surface area contributed by atoms with E-state index in [-0.39, 0.29) is 12.2 Å². The predicted molar refractivity (Wildman–Crippen MR) is 104 cm³/mol. The van der Waals surface area contributed by atoms with Crippen LogP contribution in [0, 0.1) is 0 Å². The van der Waals surface area contributed by atoms with Crippen LogP contribution in [0.1, 0.15) is 12.5 Å². The van der Waals surface area contributed by atoms with E-state index in [2.05, 4.69) is 63.6 Å². The fourth-order valence-corrected chi connectivity index (χ4v) is 3.36. The van der Waals surface area contributed by atoms with Gasteiger partial charge in [0.15, 0.2) is 0 Å². The lowest BCUT2D eigenvalue weighted by molar-refractivity contribution is 0.0993. The number of aromatic nitrogens is 1. The van der Waals surface area contributed by atoms with Gasteiger partial charge < -0.3 is 15.8 Å². The first-order valence-corrected chi connectivity index (χ1v) is 9.02. The molecule has 0 bridgehead atoms. The number of rotatable bonds is 7. The summed E-state index contributed by atoms with van der Waals surface area (Å²) in [5.74, 6) is 0. The molecular formula is C19H22N4OS. The number of thiazole rings is 1. The van der Waals surface area contributed by atoms with Crippen molar-refractivity contribution in [2.45, 2.75) is 19.1 Å². The maximum Gasteiger partial charge on any atom is 0.101 e. The first-order chi connectivity index (χ1) is 12.2. The third-order valence-corrected chi connectivity index (χ3v) is 4.95. The third kappa shape index (κ3) is 4.24. The smallest absolute Gasteiger partial charge is 0.101 e. The third-order valence-electron chi connectivity index (χ3n) is 4.16. The average Bonchev–Trinajstić information content (AvgIpc) is 3.11.